The highest BCUT2D eigenvalue weighted by molar-refractivity contribution is 6.02. The summed E-state index contributed by atoms with van der Waals surface area (Å²) in [6, 6.07) is 0. The largest absolute Gasteiger partial charge is 0.512 e. The summed E-state index contributed by atoms with van der Waals surface area (Å²) in [6.07, 6.45) is 6.74. The number of Topliss-reactive ketones (excluding diaryl/α,β-unsaturated/α-hetero) is 2. The standard InChI is InChI=1S/C37H56N2O10/c38-28-16-20(8-10-39-28)13-23-7-9-36(18-41)35(46)37(23,47)33(45)34(49-36)48-27-6-2-5-24-30(27)32(44)29-25(31(24)43)14-22(15-26(29)42)12-19-3-1-4-21(11-19)17-40/h14-15,19-21,23-25,27-30,33-35,39-42,45-47H,1-13,16-18,38H2. The molecule has 0 amide bonds. The van der Waals surface area contributed by atoms with Gasteiger partial charge in [-0.05, 0) is 106 Å². The lowest BCUT2D eigenvalue weighted by molar-refractivity contribution is -0.398. The number of hydrogen-bond acceptors (Lipinski definition) is 12. The van der Waals surface area contributed by atoms with Crippen LogP contribution < -0.4 is 11.1 Å². The Morgan fingerprint density at radius 3 is 2.51 bits per heavy atom. The number of nitrogens with one attached hydrogen (secondary N) is 1. The van der Waals surface area contributed by atoms with Crippen LogP contribution in [0.1, 0.15) is 83.5 Å². The molecule has 6 fully saturated rings. The number of aliphatic hydroxyl groups is 6. The number of ketones is 2. The zero-order chi connectivity index (χ0) is 34.7. The maximum Gasteiger partial charge on any atom is 0.187 e. The van der Waals surface area contributed by atoms with Crippen LogP contribution in [0, 0.1) is 47.3 Å². The van der Waals surface area contributed by atoms with Crippen LogP contribution in [0.5, 0.6) is 0 Å². The number of piperidine rings is 1. The van der Waals surface area contributed by atoms with E-state index in [0.29, 0.717) is 50.9 Å². The first kappa shape index (κ1) is 35.7. The van der Waals surface area contributed by atoms with Gasteiger partial charge in [-0.3, -0.25) is 9.59 Å². The van der Waals surface area contributed by atoms with Crippen molar-refractivity contribution in [3.8, 4) is 0 Å². The predicted octanol–water partition coefficient (Wildman–Crippen LogP) is 1.37. The summed E-state index contributed by atoms with van der Waals surface area (Å²) in [6.45, 7) is 0.309. The number of ether oxygens (including phenoxy) is 2. The molecule has 2 bridgehead atoms. The average molecular weight is 689 g/mol. The number of rotatable bonds is 8. The topological polar surface area (TPSA) is 212 Å². The fourth-order valence-corrected chi connectivity index (χ4v) is 11.0. The number of fused-ring (bicyclic) bond motifs is 4. The summed E-state index contributed by atoms with van der Waals surface area (Å²) in [5.74, 6) is -3.45. The highest BCUT2D eigenvalue weighted by Gasteiger charge is 2.68. The predicted molar refractivity (Wildman–Crippen MR) is 176 cm³/mol. The molecule has 7 aliphatic rings. The highest BCUT2D eigenvalue weighted by atomic mass is 16.7. The van der Waals surface area contributed by atoms with E-state index in [1.165, 1.54) is 0 Å². The van der Waals surface area contributed by atoms with E-state index >= 15 is 0 Å². The molecule has 12 nitrogen and oxygen atoms in total. The number of allylic oxidation sites excluding steroid dienone is 4. The van der Waals surface area contributed by atoms with Crippen LogP contribution in [-0.4, -0.2) is 104 Å². The molecule has 2 heterocycles. The molecule has 5 aliphatic carbocycles. The van der Waals surface area contributed by atoms with Crippen LogP contribution in [0.4, 0.5) is 0 Å². The van der Waals surface area contributed by atoms with E-state index in [2.05, 4.69) is 5.32 Å². The van der Waals surface area contributed by atoms with Crippen molar-refractivity contribution in [2.45, 2.75) is 125 Å². The number of carbonyl (C=O) groups excluding carboxylic acids is 2. The summed E-state index contributed by atoms with van der Waals surface area (Å²) < 4.78 is 12.6. The Bertz CT molecular complexity index is 1320. The maximum atomic E-state index is 14.3. The molecule has 4 saturated carbocycles. The van der Waals surface area contributed by atoms with Crippen molar-refractivity contribution in [2.24, 2.45) is 53.1 Å². The Kier molecular flexibility index (Phi) is 10.2. The van der Waals surface area contributed by atoms with Gasteiger partial charge in [-0.25, -0.2) is 0 Å². The Balaban J connectivity index is 1.09. The number of hydrogen-bond donors (Lipinski definition) is 8. The van der Waals surface area contributed by atoms with Gasteiger partial charge >= 0.3 is 0 Å². The van der Waals surface area contributed by atoms with Gasteiger partial charge in [0.1, 0.15) is 35.0 Å². The van der Waals surface area contributed by atoms with Gasteiger partial charge in [-0.15, -0.1) is 0 Å². The molecule has 15 atom stereocenters. The number of aliphatic hydroxyl groups excluding tert-OH is 5. The molecule has 7 rings (SSSR count). The van der Waals surface area contributed by atoms with Crippen molar-refractivity contribution in [1.29, 1.82) is 0 Å². The van der Waals surface area contributed by atoms with Gasteiger partial charge < -0.3 is 51.2 Å². The average Bonchev–Trinajstić information content (AvgIpc) is 3.09. The first-order chi connectivity index (χ1) is 23.5. The van der Waals surface area contributed by atoms with E-state index in [1.807, 2.05) is 6.08 Å². The quantitative estimate of drug-likeness (QED) is 0.182. The van der Waals surface area contributed by atoms with Crippen LogP contribution >= 0.6 is 0 Å². The molecule has 49 heavy (non-hydrogen) atoms. The second-order valence-corrected chi connectivity index (χ2v) is 16.5. The van der Waals surface area contributed by atoms with Crippen LogP contribution in [0.25, 0.3) is 0 Å². The summed E-state index contributed by atoms with van der Waals surface area (Å²) in [7, 11) is 0. The van der Waals surface area contributed by atoms with E-state index < -0.39 is 72.0 Å². The van der Waals surface area contributed by atoms with E-state index in [4.69, 9.17) is 15.2 Å². The van der Waals surface area contributed by atoms with Crippen molar-refractivity contribution in [1.82, 2.24) is 5.32 Å². The molecule has 0 radical (unpaired) electrons. The van der Waals surface area contributed by atoms with Gasteiger partial charge in [0, 0.05) is 12.5 Å². The van der Waals surface area contributed by atoms with Gasteiger partial charge in [0.25, 0.3) is 0 Å². The van der Waals surface area contributed by atoms with E-state index in [0.717, 1.165) is 44.2 Å². The monoisotopic (exact) mass is 688 g/mol. The van der Waals surface area contributed by atoms with Crippen molar-refractivity contribution in [3.63, 3.8) is 0 Å². The lowest BCUT2D eigenvalue weighted by Crippen LogP contribution is -2.77. The Hall–Kier alpha value is -1.74. The highest BCUT2D eigenvalue weighted by Crippen LogP contribution is 2.53. The van der Waals surface area contributed by atoms with Gasteiger partial charge in [0.05, 0.1) is 36.6 Å². The summed E-state index contributed by atoms with van der Waals surface area (Å²) in [5.41, 5.74) is 3.40. The zero-order valence-corrected chi connectivity index (χ0v) is 28.4. The van der Waals surface area contributed by atoms with Gasteiger partial charge in [-0.2, -0.15) is 0 Å². The number of nitrogens with two attached hydrogens (primary N) is 1. The molecule has 2 aliphatic heterocycles. The maximum absolute atomic E-state index is 14.3. The third-order valence-electron chi connectivity index (χ3n) is 13.6. The smallest absolute Gasteiger partial charge is 0.187 e. The first-order valence-corrected chi connectivity index (χ1v) is 18.8. The van der Waals surface area contributed by atoms with Crippen LogP contribution in [0.3, 0.4) is 0 Å². The Labute approximate surface area is 288 Å². The van der Waals surface area contributed by atoms with E-state index in [9.17, 15) is 40.2 Å². The zero-order valence-electron chi connectivity index (χ0n) is 28.4. The second kappa shape index (κ2) is 14.0. The molecule has 9 N–H and O–H groups in total. The molecule has 12 heteroatoms. The van der Waals surface area contributed by atoms with Crippen molar-refractivity contribution in [2.75, 3.05) is 19.8 Å². The minimum atomic E-state index is -2.04. The minimum Gasteiger partial charge on any atom is -0.512 e. The Morgan fingerprint density at radius 1 is 0.980 bits per heavy atom. The van der Waals surface area contributed by atoms with Crippen LogP contribution in [0.2, 0.25) is 0 Å². The SMILES string of the molecule is NC1CC(CC2CCC3(CO)OC(OC4CCCC5C(=O)C6C=C(CC7CCCC(CO)C7)C=C(O)C6C(=O)C45)C(O)C2(O)C3O)CCN1. The normalized spacial score (nSPS) is 48.7. The lowest BCUT2D eigenvalue weighted by Gasteiger charge is -2.60. The van der Waals surface area contributed by atoms with Crippen LogP contribution in [0.15, 0.2) is 23.5 Å². The molecule has 15 unspecified atom stereocenters. The van der Waals surface area contributed by atoms with Gasteiger partial charge in [0.2, 0.25) is 0 Å². The summed E-state index contributed by atoms with van der Waals surface area (Å²) in [5, 5.41) is 70.0. The van der Waals surface area contributed by atoms with Crippen LogP contribution in [-0.2, 0) is 19.1 Å². The summed E-state index contributed by atoms with van der Waals surface area (Å²) >= 11 is 0. The number of carbonyl (C=O) groups is 2. The van der Waals surface area contributed by atoms with E-state index in [1.54, 1.807) is 6.08 Å². The van der Waals surface area contributed by atoms with Crippen molar-refractivity contribution >= 4 is 11.6 Å². The molecular formula is C37H56N2O10. The fourth-order valence-electron chi connectivity index (χ4n) is 11.0. The van der Waals surface area contributed by atoms with Gasteiger partial charge in [0.15, 0.2) is 12.1 Å². The molecular weight excluding hydrogens is 632 g/mol. The summed E-state index contributed by atoms with van der Waals surface area (Å²) in [4.78, 5) is 28.4. The molecule has 0 aromatic rings. The third kappa shape index (κ3) is 6.27. The molecule has 2 saturated heterocycles. The first-order valence-electron chi connectivity index (χ1n) is 18.8. The molecule has 0 aromatic heterocycles. The minimum absolute atomic E-state index is 0.0972. The fraction of sp³-hybridized carbons (Fsp3) is 0.838. The van der Waals surface area contributed by atoms with Crippen molar-refractivity contribution < 1.29 is 49.7 Å². The van der Waals surface area contributed by atoms with Gasteiger partial charge in [-0.1, -0.05) is 25.3 Å². The molecule has 0 spiro atoms. The molecule has 0 aromatic carbocycles. The second-order valence-electron chi connectivity index (χ2n) is 16.5. The molecule has 274 valence electrons. The third-order valence-corrected chi connectivity index (χ3v) is 13.6. The van der Waals surface area contributed by atoms with E-state index in [-0.39, 0.29) is 48.4 Å². The lowest BCUT2D eigenvalue weighted by atomic mass is 9.58. The van der Waals surface area contributed by atoms with Crippen molar-refractivity contribution in [3.05, 3.63) is 23.5 Å². The Morgan fingerprint density at radius 2 is 1.76 bits per heavy atom.